The number of carboxylic acid groups (broad SMARTS) is 1. The van der Waals surface area contributed by atoms with Crippen molar-refractivity contribution in [3.05, 3.63) is 46.5 Å². The third-order valence-electron chi connectivity index (χ3n) is 2.46. The number of aromatic carboxylic acids is 1. The van der Waals surface area contributed by atoms with Crippen molar-refractivity contribution in [2.24, 2.45) is 7.05 Å². The van der Waals surface area contributed by atoms with Crippen molar-refractivity contribution in [3.8, 4) is 5.75 Å². The lowest BCUT2D eigenvalue weighted by Gasteiger charge is -2.09. The smallest absolute Gasteiger partial charge is 0.339 e. The van der Waals surface area contributed by atoms with E-state index >= 15 is 0 Å². The molecular formula is C12H11BrN2O3. The highest BCUT2D eigenvalue weighted by Crippen LogP contribution is 2.24. The van der Waals surface area contributed by atoms with E-state index in [0.29, 0.717) is 10.2 Å². The summed E-state index contributed by atoms with van der Waals surface area (Å²) in [5, 5.41) is 9.08. The van der Waals surface area contributed by atoms with Crippen molar-refractivity contribution in [2.75, 3.05) is 0 Å². The first-order valence-corrected chi connectivity index (χ1v) is 5.98. The monoisotopic (exact) mass is 310 g/mol. The Bertz CT molecular complexity index is 580. The molecule has 0 bridgehead atoms. The minimum Gasteiger partial charge on any atom is -0.486 e. The third kappa shape index (κ3) is 2.70. The molecular weight excluding hydrogens is 300 g/mol. The summed E-state index contributed by atoms with van der Waals surface area (Å²) in [6, 6.07) is 4.88. The quantitative estimate of drug-likeness (QED) is 0.942. The summed E-state index contributed by atoms with van der Waals surface area (Å²) < 4.78 is 8.04. The SMILES string of the molecule is Cn1cncc1COc1ccc(Br)cc1C(=O)O. The Hall–Kier alpha value is -1.82. The van der Waals surface area contributed by atoms with E-state index in [1.165, 1.54) is 6.07 Å². The molecule has 0 radical (unpaired) electrons. The van der Waals surface area contributed by atoms with Crippen LogP contribution >= 0.6 is 15.9 Å². The fourth-order valence-electron chi connectivity index (χ4n) is 1.47. The van der Waals surface area contributed by atoms with Crippen molar-refractivity contribution in [1.82, 2.24) is 9.55 Å². The first kappa shape index (κ1) is 12.6. The van der Waals surface area contributed by atoms with E-state index in [1.807, 2.05) is 11.6 Å². The Kier molecular flexibility index (Phi) is 3.66. The van der Waals surface area contributed by atoms with Crippen LogP contribution in [0.2, 0.25) is 0 Å². The number of carboxylic acids is 1. The molecule has 94 valence electrons. The van der Waals surface area contributed by atoms with Gasteiger partial charge in [0.15, 0.2) is 0 Å². The number of aromatic nitrogens is 2. The molecule has 0 amide bonds. The average molecular weight is 311 g/mol. The van der Waals surface area contributed by atoms with E-state index in [1.54, 1.807) is 24.7 Å². The van der Waals surface area contributed by atoms with Crippen LogP contribution in [0, 0.1) is 0 Å². The van der Waals surface area contributed by atoms with Crippen LogP contribution in [0.15, 0.2) is 35.2 Å². The zero-order chi connectivity index (χ0) is 13.1. The van der Waals surface area contributed by atoms with E-state index in [4.69, 9.17) is 9.84 Å². The molecule has 1 heterocycles. The fraction of sp³-hybridized carbons (Fsp3) is 0.167. The number of rotatable bonds is 4. The maximum Gasteiger partial charge on any atom is 0.339 e. The molecule has 2 rings (SSSR count). The maximum absolute atomic E-state index is 11.1. The Morgan fingerprint density at radius 1 is 1.56 bits per heavy atom. The predicted octanol–water partition coefficient (Wildman–Crippen LogP) is 2.46. The van der Waals surface area contributed by atoms with Crippen LogP contribution in [0.3, 0.4) is 0 Å². The summed E-state index contributed by atoms with van der Waals surface area (Å²) in [7, 11) is 1.85. The first-order chi connectivity index (χ1) is 8.58. The van der Waals surface area contributed by atoms with Crippen LogP contribution in [0.25, 0.3) is 0 Å². The summed E-state index contributed by atoms with van der Waals surface area (Å²) in [5.41, 5.74) is 1.00. The number of imidazole rings is 1. The van der Waals surface area contributed by atoms with Gasteiger partial charge in [-0.25, -0.2) is 9.78 Å². The number of aryl methyl sites for hydroxylation is 1. The van der Waals surface area contributed by atoms with Gasteiger partial charge in [-0.15, -0.1) is 0 Å². The second-order valence-corrected chi connectivity index (χ2v) is 4.65. The summed E-state index contributed by atoms with van der Waals surface area (Å²) in [6.45, 7) is 0.276. The minimum atomic E-state index is -1.02. The van der Waals surface area contributed by atoms with Gasteiger partial charge >= 0.3 is 5.97 Å². The lowest BCUT2D eigenvalue weighted by atomic mass is 10.2. The molecule has 0 saturated heterocycles. The largest absolute Gasteiger partial charge is 0.486 e. The zero-order valence-corrected chi connectivity index (χ0v) is 11.2. The van der Waals surface area contributed by atoms with E-state index in [0.717, 1.165) is 5.69 Å². The molecule has 5 nitrogen and oxygen atoms in total. The second-order valence-electron chi connectivity index (χ2n) is 3.73. The molecule has 1 aromatic heterocycles. The molecule has 6 heteroatoms. The van der Waals surface area contributed by atoms with Crippen LogP contribution in [0.5, 0.6) is 5.75 Å². The average Bonchev–Trinajstić information content (AvgIpc) is 2.73. The third-order valence-corrected chi connectivity index (χ3v) is 2.96. The van der Waals surface area contributed by atoms with Gasteiger partial charge in [0, 0.05) is 11.5 Å². The van der Waals surface area contributed by atoms with Crippen molar-refractivity contribution < 1.29 is 14.6 Å². The second kappa shape index (κ2) is 5.22. The molecule has 0 fully saturated rings. The van der Waals surface area contributed by atoms with E-state index in [-0.39, 0.29) is 12.2 Å². The van der Waals surface area contributed by atoms with Gasteiger partial charge in [0.2, 0.25) is 0 Å². The van der Waals surface area contributed by atoms with Gasteiger partial charge < -0.3 is 14.4 Å². The lowest BCUT2D eigenvalue weighted by Crippen LogP contribution is -2.05. The van der Waals surface area contributed by atoms with Gasteiger partial charge in [0.25, 0.3) is 0 Å². The number of halogens is 1. The van der Waals surface area contributed by atoms with Crippen LogP contribution in [0.4, 0.5) is 0 Å². The van der Waals surface area contributed by atoms with Gasteiger partial charge in [-0.3, -0.25) is 0 Å². The molecule has 1 N–H and O–H groups in total. The number of hydrogen-bond donors (Lipinski definition) is 1. The molecule has 0 spiro atoms. The highest BCUT2D eigenvalue weighted by molar-refractivity contribution is 9.10. The van der Waals surface area contributed by atoms with E-state index in [9.17, 15) is 4.79 Å². The Morgan fingerprint density at radius 2 is 2.33 bits per heavy atom. The maximum atomic E-state index is 11.1. The molecule has 0 unspecified atom stereocenters. The van der Waals surface area contributed by atoms with Crippen molar-refractivity contribution >= 4 is 21.9 Å². The Labute approximate surface area is 112 Å². The summed E-state index contributed by atoms with van der Waals surface area (Å²) in [5.74, 6) is -0.678. The molecule has 0 aliphatic rings. The number of hydrogen-bond acceptors (Lipinski definition) is 3. The van der Waals surface area contributed by atoms with Crippen LogP contribution in [-0.4, -0.2) is 20.6 Å². The normalized spacial score (nSPS) is 10.3. The summed E-state index contributed by atoms with van der Waals surface area (Å²) >= 11 is 3.23. The summed E-state index contributed by atoms with van der Waals surface area (Å²) in [6.07, 6.45) is 3.34. The van der Waals surface area contributed by atoms with Gasteiger partial charge in [-0.1, -0.05) is 15.9 Å². The molecule has 1 aromatic carbocycles. The van der Waals surface area contributed by atoms with Crippen LogP contribution in [0.1, 0.15) is 16.1 Å². The number of ether oxygens (including phenoxy) is 1. The molecule has 0 atom stereocenters. The van der Waals surface area contributed by atoms with Crippen molar-refractivity contribution in [3.63, 3.8) is 0 Å². The highest BCUT2D eigenvalue weighted by atomic mass is 79.9. The van der Waals surface area contributed by atoms with Gasteiger partial charge in [-0.05, 0) is 18.2 Å². The summed E-state index contributed by atoms with van der Waals surface area (Å²) in [4.78, 5) is 15.0. The molecule has 2 aromatic rings. The van der Waals surface area contributed by atoms with Crippen molar-refractivity contribution in [2.45, 2.75) is 6.61 Å². The predicted molar refractivity (Wildman–Crippen MR) is 68.6 cm³/mol. The van der Waals surface area contributed by atoms with E-state index < -0.39 is 5.97 Å². The topological polar surface area (TPSA) is 64.4 Å². The number of carbonyl (C=O) groups is 1. The Morgan fingerprint density at radius 3 is 2.94 bits per heavy atom. The first-order valence-electron chi connectivity index (χ1n) is 5.19. The molecule has 18 heavy (non-hydrogen) atoms. The van der Waals surface area contributed by atoms with Crippen LogP contribution in [-0.2, 0) is 13.7 Å². The zero-order valence-electron chi connectivity index (χ0n) is 9.63. The standard InChI is InChI=1S/C12H11BrN2O3/c1-15-7-14-5-9(15)6-18-11-3-2-8(13)4-10(11)12(16)17/h2-5,7H,6H2,1H3,(H,16,17). The van der Waals surface area contributed by atoms with E-state index in [2.05, 4.69) is 20.9 Å². The van der Waals surface area contributed by atoms with Gasteiger partial charge in [-0.2, -0.15) is 0 Å². The number of benzene rings is 1. The van der Waals surface area contributed by atoms with Gasteiger partial charge in [0.1, 0.15) is 17.9 Å². The molecule has 0 aliphatic heterocycles. The van der Waals surface area contributed by atoms with Gasteiger partial charge in [0.05, 0.1) is 18.2 Å². The minimum absolute atomic E-state index is 0.131. The molecule has 0 aliphatic carbocycles. The lowest BCUT2D eigenvalue weighted by molar-refractivity contribution is 0.0691. The number of nitrogens with zero attached hydrogens (tertiary/aromatic N) is 2. The molecule has 0 saturated carbocycles. The van der Waals surface area contributed by atoms with Crippen LogP contribution < -0.4 is 4.74 Å². The van der Waals surface area contributed by atoms with Crippen molar-refractivity contribution in [1.29, 1.82) is 0 Å². The highest BCUT2D eigenvalue weighted by Gasteiger charge is 2.12. The fourth-order valence-corrected chi connectivity index (χ4v) is 1.83. The Balaban J connectivity index is 2.19.